The largest absolute Gasteiger partial charge is 0.302 e. The quantitative estimate of drug-likeness (QED) is 0.681. The van der Waals surface area contributed by atoms with Gasteiger partial charge in [0, 0.05) is 30.8 Å². The van der Waals surface area contributed by atoms with Crippen LogP contribution in [0.1, 0.15) is 30.8 Å². The van der Waals surface area contributed by atoms with E-state index in [1.807, 2.05) is 0 Å². The van der Waals surface area contributed by atoms with Crippen molar-refractivity contribution in [3.05, 3.63) is 40.9 Å². The predicted octanol–water partition coefficient (Wildman–Crippen LogP) is 2.04. The smallest absolute Gasteiger partial charge is 0.227 e. The van der Waals surface area contributed by atoms with Crippen molar-refractivity contribution < 1.29 is 21.6 Å². The van der Waals surface area contributed by atoms with E-state index in [2.05, 4.69) is 10.3 Å². The van der Waals surface area contributed by atoms with Crippen LogP contribution in [-0.4, -0.2) is 49.6 Å². The fraction of sp³-hybridized carbons (Fsp3) is 0.444. The van der Waals surface area contributed by atoms with Gasteiger partial charge in [0.25, 0.3) is 0 Å². The number of rotatable bonds is 7. The molecule has 8 nitrogen and oxygen atoms in total. The standard InChI is InChI=1S/C18H23N3O5S3/c1-13(2)29(25,26)21-10-8-15-16(12-21)27-18(19-15)20-17(22)9-11-28(23,24)14-6-4-3-5-7-14/h3-7,13H,8-12H2,1-2H3,(H,19,20,22). The van der Waals surface area contributed by atoms with E-state index in [9.17, 15) is 21.6 Å². The maximum Gasteiger partial charge on any atom is 0.227 e. The van der Waals surface area contributed by atoms with Gasteiger partial charge in [-0.3, -0.25) is 4.79 Å². The Hall–Kier alpha value is -1.82. The molecule has 11 heteroatoms. The molecule has 0 aliphatic carbocycles. The minimum atomic E-state index is -3.53. The predicted molar refractivity (Wildman–Crippen MR) is 112 cm³/mol. The molecule has 0 atom stereocenters. The van der Waals surface area contributed by atoms with Crippen molar-refractivity contribution in [2.45, 2.75) is 43.4 Å². The van der Waals surface area contributed by atoms with E-state index in [1.165, 1.54) is 27.8 Å². The molecule has 1 aromatic heterocycles. The van der Waals surface area contributed by atoms with E-state index in [0.29, 0.717) is 18.1 Å². The summed E-state index contributed by atoms with van der Waals surface area (Å²) < 4.78 is 50.7. The van der Waals surface area contributed by atoms with Crippen LogP contribution < -0.4 is 5.32 Å². The number of benzene rings is 1. The molecule has 0 saturated carbocycles. The lowest BCUT2D eigenvalue weighted by Gasteiger charge is -2.26. The number of sulfonamides is 1. The second-order valence-corrected chi connectivity index (χ2v) is 12.7. The number of amides is 1. The molecule has 0 unspecified atom stereocenters. The van der Waals surface area contributed by atoms with Gasteiger partial charge in [-0.05, 0) is 26.0 Å². The minimum absolute atomic E-state index is 0.184. The molecule has 2 aromatic rings. The van der Waals surface area contributed by atoms with E-state index in [-0.39, 0.29) is 23.6 Å². The summed E-state index contributed by atoms with van der Waals surface area (Å²) in [5.74, 6) is -0.740. The Labute approximate surface area is 174 Å². The lowest BCUT2D eigenvalue weighted by atomic mass is 10.2. The third-order valence-electron chi connectivity index (χ3n) is 4.60. The Morgan fingerprint density at radius 3 is 2.55 bits per heavy atom. The molecule has 0 saturated heterocycles. The van der Waals surface area contributed by atoms with Gasteiger partial charge in [0.1, 0.15) is 0 Å². The van der Waals surface area contributed by atoms with Gasteiger partial charge in [0.05, 0.1) is 21.6 Å². The van der Waals surface area contributed by atoms with Crippen LogP contribution in [0.5, 0.6) is 0 Å². The van der Waals surface area contributed by atoms with Crippen LogP contribution in [0, 0.1) is 0 Å². The maximum atomic E-state index is 12.4. The van der Waals surface area contributed by atoms with E-state index in [1.54, 1.807) is 32.0 Å². The van der Waals surface area contributed by atoms with Gasteiger partial charge < -0.3 is 5.32 Å². The Morgan fingerprint density at radius 2 is 1.90 bits per heavy atom. The SMILES string of the molecule is CC(C)S(=O)(=O)N1CCc2nc(NC(=O)CCS(=O)(=O)c3ccccc3)sc2C1. The molecule has 1 N–H and O–H groups in total. The normalized spacial score (nSPS) is 15.3. The van der Waals surface area contributed by atoms with Crippen molar-refractivity contribution in [3.8, 4) is 0 Å². The molecular formula is C18H23N3O5S3. The van der Waals surface area contributed by atoms with E-state index >= 15 is 0 Å². The van der Waals surface area contributed by atoms with Gasteiger partial charge in [0.2, 0.25) is 15.9 Å². The number of nitrogens with zero attached hydrogens (tertiary/aromatic N) is 2. The third kappa shape index (κ3) is 5.03. The van der Waals surface area contributed by atoms with E-state index in [0.717, 1.165) is 10.6 Å². The highest BCUT2D eigenvalue weighted by atomic mass is 32.2. The van der Waals surface area contributed by atoms with Crippen LogP contribution in [0.4, 0.5) is 5.13 Å². The number of carbonyl (C=O) groups is 1. The fourth-order valence-electron chi connectivity index (χ4n) is 2.90. The van der Waals surface area contributed by atoms with Gasteiger partial charge in [-0.15, -0.1) is 11.3 Å². The Kier molecular flexibility index (Phi) is 6.42. The summed E-state index contributed by atoms with van der Waals surface area (Å²) in [5, 5.41) is 2.50. The molecule has 0 bridgehead atoms. The minimum Gasteiger partial charge on any atom is -0.302 e. The molecular weight excluding hydrogens is 434 g/mol. The number of aromatic nitrogens is 1. The van der Waals surface area contributed by atoms with Gasteiger partial charge >= 0.3 is 0 Å². The first-order valence-corrected chi connectivity index (χ1v) is 13.1. The molecule has 0 fully saturated rings. The van der Waals surface area contributed by atoms with Crippen LogP contribution in [-0.2, 0) is 37.6 Å². The van der Waals surface area contributed by atoms with Crippen molar-refractivity contribution in [1.29, 1.82) is 0 Å². The first-order chi connectivity index (χ1) is 13.6. The number of hydrogen-bond acceptors (Lipinski definition) is 7. The summed E-state index contributed by atoms with van der Waals surface area (Å²) in [6, 6.07) is 7.99. The molecule has 1 aromatic carbocycles. The summed E-state index contributed by atoms with van der Waals surface area (Å²) in [7, 11) is -6.88. The van der Waals surface area contributed by atoms with E-state index in [4.69, 9.17) is 0 Å². The first-order valence-electron chi connectivity index (χ1n) is 9.15. The molecule has 1 aliphatic heterocycles. The molecule has 0 spiro atoms. The van der Waals surface area contributed by atoms with Crippen molar-refractivity contribution in [2.24, 2.45) is 0 Å². The number of thiazole rings is 1. The molecule has 158 valence electrons. The third-order valence-corrected chi connectivity index (χ3v) is 9.55. The van der Waals surface area contributed by atoms with E-state index < -0.39 is 31.0 Å². The number of carbonyl (C=O) groups excluding carboxylic acids is 1. The molecule has 1 aliphatic rings. The summed E-state index contributed by atoms with van der Waals surface area (Å²) >= 11 is 1.23. The summed E-state index contributed by atoms with van der Waals surface area (Å²) in [4.78, 5) is 17.6. The number of anilines is 1. The zero-order valence-electron chi connectivity index (χ0n) is 16.2. The Morgan fingerprint density at radius 1 is 1.21 bits per heavy atom. The summed E-state index contributed by atoms with van der Waals surface area (Å²) in [6.07, 6.45) is 0.297. The van der Waals surface area contributed by atoms with Crippen LogP contribution >= 0.6 is 11.3 Å². The second kappa shape index (κ2) is 8.50. The van der Waals surface area contributed by atoms with Crippen LogP contribution in [0.15, 0.2) is 35.2 Å². The maximum absolute atomic E-state index is 12.4. The van der Waals surface area contributed by atoms with Crippen molar-refractivity contribution in [2.75, 3.05) is 17.6 Å². The Balaban J connectivity index is 1.61. The number of sulfone groups is 1. The molecule has 29 heavy (non-hydrogen) atoms. The Bertz CT molecular complexity index is 1090. The highest BCUT2D eigenvalue weighted by molar-refractivity contribution is 7.91. The van der Waals surface area contributed by atoms with Crippen LogP contribution in [0.2, 0.25) is 0 Å². The van der Waals surface area contributed by atoms with Gasteiger partial charge in [0.15, 0.2) is 15.0 Å². The zero-order valence-corrected chi connectivity index (χ0v) is 18.6. The number of fused-ring (bicyclic) bond motifs is 1. The molecule has 2 heterocycles. The average molecular weight is 458 g/mol. The summed E-state index contributed by atoms with van der Waals surface area (Å²) in [6.45, 7) is 3.89. The number of hydrogen-bond donors (Lipinski definition) is 1. The average Bonchev–Trinajstić information content (AvgIpc) is 3.08. The lowest BCUT2D eigenvalue weighted by molar-refractivity contribution is -0.115. The zero-order chi connectivity index (χ0) is 21.2. The number of nitrogens with one attached hydrogen (secondary N) is 1. The molecule has 1 amide bonds. The monoisotopic (exact) mass is 457 g/mol. The van der Waals surface area contributed by atoms with Crippen LogP contribution in [0.3, 0.4) is 0 Å². The van der Waals surface area contributed by atoms with Crippen molar-refractivity contribution in [1.82, 2.24) is 9.29 Å². The van der Waals surface area contributed by atoms with Gasteiger partial charge in [-0.1, -0.05) is 18.2 Å². The topological polar surface area (TPSA) is 114 Å². The van der Waals surface area contributed by atoms with Gasteiger partial charge in [-0.2, -0.15) is 4.31 Å². The first kappa shape index (κ1) is 21.9. The lowest BCUT2D eigenvalue weighted by Crippen LogP contribution is -2.39. The van der Waals surface area contributed by atoms with Gasteiger partial charge in [-0.25, -0.2) is 21.8 Å². The molecule has 0 radical (unpaired) electrons. The van der Waals surface area contributed by atoms with Crippen molar-refractivity contribution >= 4 is 42.2 Å². The second-order valence-electron chi connectivity index (χ2n) is 7.00. The van der Waals surface area contributed by atoms with Crippen molar-refractivity contribution in [3.63, 3.8) is 0 Å². The fourth-order valence-corrected chi connectivity index (χ4v) is 6.53. The van der Waals surface area contributed by atoms with Crippen LogP contribution in [0.25, 0.3) is 0 Å². The molecule has 3 rings (SSSR count). The summed E-state index contributed by atoms with van der Waals surface area (Å²) in [5.41, 5.74) is 0.775. The highest BCUT2D eigenvalue weighted by Crippen LogP contribution is 2.30. The highest BCUT2D eigenvalue weighted by Gasteiger charge is 2.31.